The van der Waals surface area contributed by atoms with E-state index in [1.807, 2.05) is 30.3 Å². The Labute approximate surface area is 159 Å². The lowest BCUT2D eigenvalue weighted by Crippen LogP contribution is -2.20. The van der Waals surface area contributed by atoms with Crippen molar-refractivity contribution >= 4 is 34.0 Å². The molecule has 0 atom stereocenters. The molecular weight excluding hydrogens is 370 g/mol. The smallest absolute Gasteiger partial charge is 0.264 e. The number of rotatable bonds is 6. The monoisotopic (exact) mass is 383 g/mol. The molecule has 0 spiro atoms. The van der Waals surface area contributed by atoms with Crippen molar-refractivity contribution in [3.05, 3.63) is 75.8 Å². The molecule has 0 bridgehead atoms. The summed E-state index contributed by atoms with van der Waals surface area (Å²) in [5.41, 5.74) is 1.39. The predicted molar refractivity (Wildman–Crippen MR) is 102 cm³/mol. The molecule has 0 aliphatic carbocycles. The van der Waals surface area contributed by atoms with Gasteiger partial charge in [-0.25, -0.2) is 4.98 Å². The summed E-state index contributed by atoms with van der Waals surface area (Å²) in [7, 11) is 0. The van der Waals surface area contributed by atoms with E-state index in [0.717, 1.165) is 10.4 Å². The van der Waals surface area contributed by atoms with Crippen LogP contribution in [0.25, 0.3) is 0 Å². The number of hydrogen-bond donors (Lipinski definition) is 1. The SMILES string of the molecule is N#Cc1ccccc1OCC(=O)Nc1ncc(Cc2ccccc2Cl)s1. The molecule has 3 aromatic rings. The van der Waals surface area contributed by atoms with Gasteiger partial charge >= 0.3 is 0 Å². The fourth-order valence-corrected chi connectivity index (χ4v) is 3.31. The molecule has 0 fully saturated rings. The molecule has 0 saturated carbocycles. The molecule has 2 aromatic carbocycles. The summed E-state index contributed by atoms with van der Waals surface area (Å²) in [6.45, 7) is -0.196. The molecule has 0 unspecified atom stereocenters. The van der Waals surface area contributed by atoms with Crippen molar-refractivity contribution in [2.75, 3.05) is 11.9 Å². The third-order valence-corrected chi connectivity index (χ3v) is 4.77. The van der Waals surface area contributed by atoms with Gasteiger partial charge in [0.2, 0.25) is 0 Å². The second-order valence-electron chi connectivity index (χ2n) is 5.34. The molecule has 3 rings (SSSR count). The first-order valence-corrected chi connectivity index (χ1v) is 8.95. The summed E-state index contributed by atoms with van der Waals surface area (Å²) in [5.74, 6) is 0.0417. The second kappa shape index (κ2) is 8.48. The van der Waals surface area contributed by atoms with Gasteiger partial charge in [0.05, 0.1) is 5.56 Å². The van der Waals surface area contributed by atoms with E-state index < -0.39 is 0 Å². The number of nitriles is 1. The maximum absolute atomic E-state index is 12.0. The molecule has 0 saturated heterocycles. The zero-order chi connectivity index (χ0) is 18.4. The van der Waals surface area contributed by atoms with E-state index >= 15 is 0 Å². The van der Waals surface area contributed by atoms with Crippen molar-refractivity contribution in [3.8, 4) is 11.8 Å². The molecular formula is C19H14ClN3O2S. The molecule has 1 heterocycles. The zero-order valence-corrected chi connectivity index (χ0v) is 15.2. The highest BCUT2D eigenvalue weighted by atomic mass is 35.5. The number of carbonyl (C=O) groups excluding carboxylic acids is 1. The van der Waals surface area contributed by atoms with Crippen LogP contribution in [0.4, 0.5) is 5.13 Å². The van der Waals surface area contributed by atoms with Crippen molar-refractivity contribution in [2.24, 2.45) is 0 Å². The van der Waals surface area contributed by atoms with E-state index in [9.17, 15) is 4.79 Å². The van der Waals surface area contributed by atoms with Crippen LogP contribution in [0, 0.1) is 11.3 Å². The lowest BCUT2D eigenvalue weighted by Gasteiger charge is -2.06. The minimum absolute atomic E-state index is 0.196. The van der Waals surface area contributed by atoms with Gasteiger partial charge in [-0.1, -0.05) is 41.9 Å². The van der Waals surface area contributed by atoms with E-state index in [-0.39, 0.29) is 12.5 Å². The standard InChI is InChI=1S/C19H14ClN3O2S/c20-16-7-3-1-5-13(16)9-15-11-22-19(26-15)23-18(24)12-25-17-8-4-2-6-14(17)10-21/h1-8,11H,9,12H2,(H,22,23,24). The fraction of sp³-hybridized carbons (Fsp3) is 0.105. The Bertz CT molecular complexity index is 965. The van der Waals surface area contributed by atoms with E-state index in [4.69, 9.17) is 21.6 Å². The molecule has 1 N–H and O–H groups in total. The lowest BCUT2D eigenvalue weighted by atomic mass is 10.1. The fourth-order valence-electron chi connectivity index (χ4n) is 2.26. The van der Waals surface area contributed by atoms with Crippen molar-refractivity contribution < 1.29 is 9.53 Å². The van der Waals surface area contributed by atoms with E-state index in [1.54, 1.807) is 30.5 Å². The third-order valence-electron chi connectivity index (χ3n) is 3.49. The normalized spacial score (nSPS) is 10.2. The molecule has 26 heavy (non-hydrogen) atoms. The van der Waals surface area contributed by atoms with E-state index in [2.05, 4.69) is 10.3 Å². The highest BCUT2D eigenvalue weighted by Gasteiger charge is 2.10. The number of ether oxygens (including phenoxy) is 1. The summed E-state index contributed by atoms with van der Waals surface area (Å²) < 4.78 is 5.41. The Morgan fingerprint density at radius 2 is 2.00 bits per heavy atom. The van der Waals surface area contributed by atoms with Gasteiger partial charge < -0.3 is 4.74 Å². The number of para-hydroxylation sites is 1. The maximum Gasteiger partial charge on any atom is 0.264 e. The summed E-state index contributed by atoms with van der Waals surface area (Å²) in [6, 6.07) is 16.4. The van der Waals surface area contributed by atoms with Gasteiger partial charge in [0, 0.05) is 22.5 Å². The first-order chi connectivity index (χ1) is 12.7. The number of amides is 1. The number of benzene rings is 2. The number of nitrogens with one attached hydrogen (secondary N) is 1. The number of anilines is 1. The van der Waals surface area contributed by atoms with Crippen LogP contribution in [0.3, 0.4) is 0 Å². The summed E-state index contributed by atoms with van der Waals surface area (Å²) in [5, 5.41) is 12.9. The largest absolute Gasteiger partial charge is 0.482 e. The van der Waals surface area contributed by atoms with E-state index in [1.165, 1.54) is 11.3 Å². The van der Waals surface area contributed by atoms with Gasteiger partial charge in [-0.3, -0.25) is 10.1 Å². The minimum Gasteiger partial charge on any atom is -0.482 e. The van der Waals surface area contributed by atoms with Crippen molar-refractivity contribution in [2.45, 2.75) is 6.42 Å². The molecule has 130 valence electrons. The topological polar surface area (TPSA) is 75.0 Å². The van der Waals surface area contributed by atoms with Crippen LogP contribution >= 0.6 is 22.9 Å². The van der Waals surface area contributed by atoms with Crippen LogP contribution in [-0.4, -0.2) is 17.5 Å². The molecule has 0 aliphatic heterocycles. The van der Waals surface area contributed by atoms with Crippen LogP contribution < -0.4 is 10.1 Å². The quantitative estimate of drug-likeness (QED) is 0.689. The maximum atomic E-state index is 12.0. The van der Waals surface area contributed by atoms with Crippen LogP contribution in [0.1, 0.15) is 16.0 Å². The van der Waals surface area contributed by atoms with Gasteiger partial charge in [0.1, 0.15) is 11.8 Å². The number of nitrogens with zero attached hydrogens (tertiary/aromatic N) is 2. The molecule has 7 heteroatoms. The lowest BCUT2D eigenvalue weighted by molar-refractivity contribution is -0.118. The van der Waals surface area contributed by atoms with Gasteiger partial charge in [0.15, 0.2) is 11.7 Å². The van der Waals surface area contributed by atoms with Crippen molar-refractivity contribution in [1.82, 2.24) is 4.98 Å². The molecule has 1 amide bonds. The average Bonchev–Trinajstić information content (AvgIpc) is 3.09. The van der Waals surface area contributed by atoms with Crippen LogP contribution in [0.2, 0.25) is 5.02 Å². The summed E-state index contributed by atoms with van der Waals surface area (Å²) in [6.07, 6.45) is 2.37. The Balaban J connectivity index is 1.56. The van der Waals surface area contributed by atoms with Gasteiger partial charge in [-0.05, 0) is 23.8 Å². The first kappa shape index (κ1) is 17.9. The van der Waals surface area contributed by atoms with Gasteiger partial charge in [0.25, 0.3) is 5.91 Å². The number of hydrogen-bond acceptors (Lipinski definition) is 5. The number of aromatic nitrogens is 1. The Morgan fingerprint density at radius 1 is 1.23 bits per heavy atom. The van der Waals surface area contributed by atoms with E-state index in [0.29, 0.717) is 27.9 Å². The zero-order valence-electron chi connectivity index (χ0n) is 13.6. The molecule has 0 radical (unpaired) electrons. The third kappa shape index (κ3) is 4.60. The van der Waals surface area contributed by atoms with Gasteiger partial charge in [-0.15, -0.1) is 11.3 Å². The second-order valence-corrected chi connectivity index (χ2v) is 6.87. The highest BCUT2D eigenvalue weighted by molar-refractivity contribution is 7.15. The number of thiazole rings is 1. The predicted octanol–water partition coefficient (Wildman–Crippen LogP) is 4.28. The van der Waals surface area contributed by atoms with Crippen molar-refractivity contribution in [1.29, 1.82) is 5.26 Å². The molecule has 0 aliphatic rings. The first-order valence-electron chi connectivity index (χ1n) is 7.75. The number of halogens is 1. The molecule has 1 aromatic heterocycles. The molecule has 5 nitrogen and oxygen atoms in total. The summed E-state index contributed by atoms with van der Waals surface area (Å²) >= 11 is 7.55. The van der Waals surface area contributed by atoms with Crippen LogP contribution in [0.15, 0.2) is 54.7 Å². The Hall–Kier alpha value is -2.88. The van der Waals surface area contributed by atoms with Crippen LogP contribution in [-0.2, 0) is 11.2 Å². The Kier molecular flexibility index (Phi) is 5.84. The average molecular weight is 384 g/mol. The summed E-state index contributed by atoms with van der Waals surface area (Å²) in [4.78, 5) is 17.2. The van der Waals surface area contributed by atoms with Crippen LogP contribution in [0.5, 0.6) is 5.75 Å². The van der Waals surface area contributed by atoms with Crippen molar-refractivity contribution in [3.63, 3.8) is 0 Å². The number of carbonyl (C=O) groups is 1. The Morgan fingerprint density at radius 3 is 2.81 bits per heavy atom. The van der Waals surface area contributed by atoms with Gasteiger partial charge in [-0.2, -0.15) is 5.26 Å². The minimum atomic E-state index is -0.337. The highest BCUT2D eigenvalue weighted by Crippen LogP contribution is 2.24.